The maximum Gasteiger partial charge on any atom is 0.137 e. The first-order valence-corrected chi connectivity index (χ1v) is 7.31. The molecule has 116 valence electrons. The van der Waals surface area contributed by atoms with Crippen LogP contribution in [0.2, 0.25) is 0 Å². The van der Waals surface area contributed by atoms with Gasteiger partial charge in [-0.1, -0.05) is 0 Å². The Morgan fingerprint density at radius 1 is 0.905 bits per heavy atom. The molecule has 2 aliphatic rings. The average Bonchev–Trinajstić information content (AvgIpc) is 2.41. The molecule has 3 heterocycles. The Balaban J connectivity index is 1.75. The van der Waals surface area contributed by atoms with Gasteiger partial charge in [0.15, 0.2) is 0 Å². The van der Waals surface area contributed by atoms with Gasteiger partial charge in [0, 0.05) is 46.0 Å². The monoisotopic (exact) mass is 292 g/mol. The minimum atomic E-state index is -0.0526. The van der Waals surface area contributed by atoms with Crippen molar-refractivity contribution >= 4 is 11.6 Å². The van der Waals surface area contributed by atoms with Crippen LogP contribution in [-0.2, 0) is 9.47 Å². The molecule has 0 N–H and O–H groups in total. The van der Waals surface area contributed by atoms with Crippen molar-refractivity contribution in [3.8, 4) is 0 Å². The van der Waals surface area contributed by atoms with E-state index < -0.39 is 0 Å². The zero-order chi connectivity index (χ0) is 15.3. The second-order valence-electron chi connectivity index (χ2n) is 6.67. The van der Waals surface area contributed by atoms with Gasteiger partial charge in [-0.05, 0) is 20.8 Å². The van der Waals surface area contributed by atoms with Gasteiger partial charge in [-0.25, -0.2) is 9.97 Å². The topological polar surface area (TPSA) is 50.7 Å². The van der Waals surface area contributed by atoms with Crippen LogP contribution in [0.5, 0.6) is 0 Å². The lowest BCUT2D eigenvalue weighted by Crippen LogP contribution is -2.62. The van der Waals surface area contributed by atoms with Crippen LogP contribution in [0.15, 0.2) is 6.33 Å². The zero-order valence-corrected chi connectivity index (χ0v) is 13.5. The number of rotatable bonds is 4. The first-order chi connectivity index (χ1) is 9.90. The molecule has 0 aromatic carbocycles. The standard InChI is InChI=1S/C15H24N4O2/c1-11-12(18-6-14(2,7-18)20-4)16-10-17-13(11)19-8-15(3,9-19)21-5/h10H,6-9H2,1-5H3. The quantitative estimate of drug-likeness (QED) is 0.832. The molecule has 1 aromatic rings. The second-order valence-corrected chi connectivity index (χ2v) is 6.67. The molecule has 0 atom stereocenters. The van der Waals surface area contributed by atoms with Crippen LogP contribution in [0.1, 0.15) is 19.4 Å². The van der Waals surface area contributed by atoms with E-state index in [1.165, 1.54) is 0 Å². The number of methoxy groups -OCH3 is 2. The second kappa shape index (κ2) is 4.81. The maximum atomic E-state index is 5.51. The summed E-state index contributed by atoms with van der Waals surface area (Å²) in [7, 11) is 3.53. The zero-order valence-electron chi connectivity index (χ0n) is 13.5. The number of hydrogen-bond donors (Lipinski definition) is 0. The molecule has 1 aromatic heterocycles. The lowest BCUT2D eigenvalue weighted by atomic mass is 9.94. The molecule has 0 radical (unpaired) electrons. The maximum absolute atomic E-state index is 5.51. The molecule has 21 heavy (non-hydrogen) atoms. The van der Waals surface area contributed by atoms with Crippen molar-refractivity contribution in [2.45, 2.75) is 32.0 Å². The average molecular weight is 292 g/mol. The van der Waals surface area contributed by atoms with Gasteiger partial charge < -0.3 is 19.3 Å². The van der Waals surface area contributed by atoms with Crippen LogP contribution in [-0.4, -0.2) is 61.6 Å². The summed E-state index contributed by atoms with van der Waals surface area (Å²) < 4.78 is 11.0. The molecular formula is C15H24N4O2. The Kier molecular flexibility index (Phi) is 3.33. The molecule has 3 rings (SSSR count). The highest BCUT2D eigenvalue weighted by molar-refractivity contribution is 5.62. The SMILES string of the molecule is COC1(C)CN(c2ncnc(N3CC(C)(OC)C3)c2C)C1. The number of ether oxygens (including phenoxy) is 2. The van der Waals surface area contributed by atoms with Crippen LogP contribution in [0.25, 0.3) is 0 Å². The third-order valence-electron chi connectivity index (χ3n) is 4.72. The van der Waals surface area contributed by atoms with E-state index in [9.17, 15) is 0 Å². The summed E-state index contributed by atoms with van der Waals surface area (Å²) in [5, 5.41) is 0. The minimum absolute atomic E-state index is 0.0526. The summed E-state index contributed by atoms with van der Waals surface area (Å²) in [6.07, 6.45) is 1.66. The summed E-state index contributed by atoms with van der Waals surface area (Å²) in [6, 6.07) is 0. The van der Waals surface area contributed by atoms with Crippen LogP contribution in [0.4, 0.5) is 11.6 Å². The fourth-order valence-electron chi connectivity index (χ4n) is 3.15. The van der Waals surface area contributed by atoms with Crippen molar-refractivity contribution in [3.63, 3.8) is 0 Å². The number of nitrogens with zero attached hydrogens (tertiary/aromatic N) is 4. The molecule has 2 aliphatic heterocycles. The van der Waals surface area contributed by atoms with E-state index in [1.54, 1.807) is 20.5 Å². The Bertz CT molecular complexity index is 492. The van der Waals surface area contributed by atoms with Gasteiger partial charge in [0.25, 0.3) is 0 Å². The first kappa shape index (κ1) is 14.5. The highest BCUT2D eigenvalue weighted by Gasteiger charge is 2.43. The third-order valence-corrected chi connectivity index (χ3v) is 4.72. The third kappa shape index (κ3) is 2.36. The van der Waals surface area contributed by atoms with Gasteiger partial charge in [0.05, 0.1) is 11.2 Å². The van der Waals surface area contributed by atoms with E-state index in [-0.39, 0.29) is 11.2 Å². The fourth-order valence-corrected chi connectivity index (χ4v) is 3.15. The van der Waals surface area contributed by atoms with Crippen molar-refractivity contribution < 1.29 is 9.47 Å². The van der Waals surface area contributed by atoms with Crippen LogP contribution < -0.4 is 9.80 Å². The molecule has 6 heteroatoms. The van der Waals surface area contributed by atoms with Crippen molar-refractivity contribution in [2.24, 2.45) is 0 Å². The van der Waals surface area contributed by atoms with Gasteiger partial charge in [-0.3, -0.25) is 0 Å². The molecule has 0 amide bonds. The first-order valence-electron chi connectivity index (χ1n) is 7.31. The summed E-state index contributed by atoms with van der Waals surface area (Å²) in [5.41, 5.74) is 1.03. The highest BCUT2D eigenvalue weighted by atomic mass is 16.5. The van der Waals surface area contributed by atoms with Gasteiger partial charge >= 0.3 is 0 Å². The van der Waals surface area contributed by atoms with Crippen LogP contribution in [0.3, 0.4) is 0 Å². The number of hydrogen-bond acceptors (Lipinski definition) is 6. The summed E-state index contributed by atoms with van der Waals surface area (Å²) in [4.78, 5) is 13.4. The van der Waals surface area contributed by atoms with E-state index >= 15 is 0 Å². The predicted octanol–water partition coefficient (Wildman–Crippen LogP) is 1.24. The minimum Gasteiger partial charge on any atom is -0.375 e. The normalized spacial score (nSPS) is 22.7. The Morgan fingerprint density at radius 3 is 1.62 bits per heavy atom. The highest BCUT2D eigenvalue weighted by Crippen LogP contribution is 2.36. The molecule has 0 bridgehead atoms. The van der Waals surface area contributed by atoms with E-state index in [0.29, 0.717) is 0 Å². The summed E-state index contributed by atoms with van der Waals surface area (Å²) in [5.74, 6) is 2.03. The predicted molar refractivity (Wildman–Crippen MR) is 82.0 cm³/mol. The smallest absolute Gasteiger partial charge is 0.137 e. The van der Waals surface area contributed by atoms with Crippen LogP contribution in [0, 0.1) is 6.92 Å². The summed E-state index contributed by atoms with van der Waals surface area (Å²) >= 11 is 0. The fraction of sp³-hybridized carbons (Fsp3) is 0.733. The Hall–Kier alpha value is -1.40. The summed E-state index contributed by atoms with van der Waals surface area (Å²) in [6.45, 7) is 9.83. The molecule has 6 nitrogen and oxygen atoms in total. The van der Waals surface area contributed by atoms with Crippen LogP contribution >= 0.6 is 0 Å². The lowest BCUT2D eigenvalue weighted by molar-refractivity contribution is -0.0177. The van der Waals surface area contributed by atoms with E-state index in [1.807, 2.05) is 0 Å². The van der Waals surface area contributed by atoms with E-state index in [4.69, 9.17) is 9.47 Å². The number of aromatic nitrogens is 2. The Morgan fingerprint density at radius 2 is 1.29 bits per heavy atom. The molecule has 0 aliphatic carbocycles. The van der Waals surface area contributed by atoms with Crippen molar-refractivity contribution in [1.29, 1.82) is 0 Å². The van der Waals surface area contributed by atoms with Gasteiger partial charge in [0.2, 0.25) is 0 Å². The van der Waals surface area contributed by atoms with Crippen molar-refractivity contribution in [1.82, 2.24) is 9.97 Å². The molecule has 0 spiro atoms. The van der Waals surface area contributed by atoms with Crippen molar-refractivity contribution in [2.75, 3.05) is 50.2 Å². The molecule has 2 saturated heterocycles. The van der Waals surface area contributed by atoms with E-state index in [0.717, 1.165) is 43.4 Å². The number of anilines is 2. The largest absolute Gasteiger partial charge is 0.375 e. The molecule has 0 saturated carbocycles. The van der Waals surface area contributed by atoms with Gasteiger partial charge in [0.1, 0.15) is 18.0 Å². The molecule has 0 unspecified atom stereocenters. The van der Waals surface area contributed by atoms with E-state index in [2.05, 4.69) is 40.5 Å². The van der Waals surface area contributed by atoms with Gasteiger partial charge in [-0.2, -0.15) is 0 Å². The molecular weight excluding hydrogens is 268 g/mol. The molecule has 2 fully saturated rings. The lowest BCUT2D eigenvalue weighted by Gasteiger charge is -2.49. The van der Waals surface area contributed by atoms with Gasteiger partial charge in [-0.15, -0.1) is 0 Å². The van der Waals surface area contributed by atoms with Crippen molar-refractivity contribution in [3.05, 3.63) is 11.9 Å². The Labute approximate surface area is 126 Å².